The average Bonchev–Trinajstić information content (AvgIpc) is 3.35. The Balaban J connectivity index is 1.28. The van der Waals surface area contributed by atoms with E-state index in [0.717, 1.165) is 73.8 Å². The summed E-state index contributed by atoms with van der Waals surface area (Å²) in [6, 6.07) is 14.4. The summed E-state index contributed by atoms with van der Waals surface area (Å²) in [6.45, 7) is 5.96. The topological polar surface area (TPSA) is 72.2 Å². The lowest BCUT2D eigenvalue weighted by Crippen LogP contribution is -2.37. The summed E-state index contributed by atoms with van der Waals surface area (Å²) in [7, 11) is 0. The number of anilines is 1. The zero-order valence-corrected chi connectivity index (χ0v) is 20.3. The second-order valence-corrected chi connectivity index (χ2v) is 9.55. The van der Waals surface area contributed by atoms with Crippen LogP contribution in [0.2, 0.25) is 5.15 Å². The Labute approximate surface area is 209 Å². The van der Waals surface area contributed by atoms with Crippen LogP contribution < -0.4 is 4.90 Å². The Hall–Kier alpha value is -3.07. The van der Waals surface area contributed by atoms with Crippen LogP contribution >= 0.6 is 11.6 Å². The summed E-state index contributed by atoms with van der Waals surface area (Å²) >= 11 is 5.94. The van der Waals surface area contributed by atoms with E-state index in [0.29, 0.717) is 24.4 Å². The molecule has 180 valence electrons. The van der Waals surface area contributed by atoms with Gasteiger partial charge in [0.1, 0.15) is 11.0 Å². The number of likely N-dealkylation sites (tertiary alicyclic amines) is 1. The molecule has 0 bridgehead atoms. The third kappa shape index (κ3) is 4.74. The van der Waals surface area contributed by atoms with Gasteiger partial charge in [0.05, 0.1) is 30.8 Å². The molecule has 0 atom stereocenters. The molecular formula is C26H28ClN7O. The third-order valence-electron chi connectivity index (χ3n) is 6.87. The number of morpholine rings is 1. The fraction of sp³-hybridized carbons (Fsp3) is 0.385. The van der Waals surface area contributed by atoms with Gasteiger partial charge in [-0.25, -0.2) is 19.6 Å². The number of piperidine rings is 1. The molecule has 9 heteroatoms. The molecular weight excluding hydrogens is 462 g/mol. The van der Waals surface area contributed by atoms with Crippen LogP contribution in [-0.2, 0) is 11.3 Å². The van der Waals surface area contributed by atoms with E-state index >= 15 is 0 Å². The van der Waals surface area contributed by atoms with Crippen LogP contribution in [0, 0.1) is 0 Å². The Bertz CT molecular complexity index is 1280. The van der Waals surface area contributed by atoms with Gasteiger partial charge in [0.2, 0.25) is 0 Å². The lowest BCUT2D eigenvalue weighted by molar-refractivity contribution is 0.122. The maximum absolute atomic E-state index is 5.94. The smallest absolute Gasteiger partial charge is 0.164 e. The summed E-state index contributed by atoms with van der Waals surface area (Å²) in [6.07, 6.45) is 5.86. The van der Waals surface area contributed by atoms with Crippen molar-refractivity contribution in [3.8, 4) is 11.4 Å². The molecule has 2 aliphatic rings. The van der Waals surface area contributed by atoms with Gasteiger partial charge in [0.15, 0.2) is 11.5 Å². The summed E-state index contributed by atoms with van der Waals surface area (Å²) in [4.78, 5) is 19.0. The van der Waals surface area contributed by atoms with Crippen LogP contribution in [0.5, 0.6) is 0 Å². The monoisotopic (exact) mass is 489 g/mol. The van der Waals surface area contributed by atoms with E-state index in [4.69, 9.17) is 31.4 Å². The first-order valence-electron chi connectivity index (χ1n) is 12.2. The number of benzene rings is 1. The highest BCUT2D eigenvalue weighted by molar-refractivity contribution is 6.29. The molecule has 3 aromatic heterocycles. The highest BCUT2D eigenvalue weighted by Gasteiger charge is 2.26. The number of hydrogen-bond acceptors (Lipinski definition) is 7. The average molecular weight is 490 g/mol. The van der Waals surface area contributed by atoms with Crippen molar-refractivity contribution in [3.63, 3.8) is 0 Å². The van der Waals surface area contributed by atoms with Crippen LogP contribution in [0.3, 0.4) is 0 Å². The maximum atomic E-state index is 5.94. The number of fused-ring (bicyclic) bond motifs is 1. The number of halogens is 1. The number of nitrogens with zero attached hydrogens (tertiary/aromatic N) is 7. The van der Waals surface area contributed by atoms with Gasteiger partial charge in [-0.15, -0.1) is 0 Å². The molecule has 2 saturated heterocycles. The summed E-state index contributed by atoms with van der Waals surface area (Å²) in [5, 5.41) is 6.39. The second kappa shape index (κ2) is 9.89. The number of rotatable bonds is 5. The number of hydrogen-bond donors (Lipinski definition) is 0. The number of pyridine rings is 1. The van der Waals surface area contributed by atoms with E-state index in [1.54, 1.807) is 0 Å². The van der Waals surface area contributed by atoms with Gasteiger partial charge in [-0.05, 0) is 24.5 Å². The highest BCUT2D eigenvalue weighted by atomic mass is 35.5. The van der Waals surface area contributed by atoms with Crippen LogP contribution in [-0.4, -0.2) is 69.0 Å². The molecule has 1 aromatic carbocycles. The standard InChI is InChI=1S/C26H28ClN7O/c27-23-7-6-19(16-28-23)18-32-10-8-21(9-11-32)34-26-22(17-29-34)25(33-12-14-35-15-13-33)30-24(31-26)20-4-2-1-3-5-20/h1-7,16-17,21H,8-15,18H2. The van der Waals surface area contributed by atoms with E-state index in [1.807, 2.05) is 36.7 Å². The predicted molar refractivity (Wildman–Crippen MR) is 137 cm³/mol. The molecule has 2 aliphatic heterocycles. The van der Waals surface area contributed by atoms with Crippen molar-refractivity contribution in [2.45, 2.75) is 25.4 Å². The lowest BCUT2D eigenvalue weighted by atomic mass is 10.0. The highest BCUT2D eigenvalue weighted by Crippen LogP contribution is 2.32. The summed E-state index contributed by atoms with van der Waals surface area (Å²) < 4.78 is 7.72. The van der Waals surface area contributed by atoms with Crippen molar-refractivity contribution in [1.82, 2.24) is 29.6 Å². The van der Waals surface area contributed by atoms with Crippen molar-refractivity contribution < 1.29 is 4.74 Å². The quantitative estimate of drug-likeness (QED) is 0.389. The molecule has 0 amide bonds. The Morgan fingerprint density at radius 1 is 0.914 bits per heavy atom. The van der Waals surface area contributed by atoms with E-state index in [9.17, 15) is 0 Å². The van der Waals surface area contributed by atoms with Crippen molar-refractivity contribution in [2.24, 2.45) is 0 Å². The predicted octanol–water partition coefficient (Wildman–Crippen LogP) is 4.22. The molecule has 0 saturated carbocycles. The Kier molecular flexibility index (Phi) is 6.33. The van der Waals surface area contributed by atoms with Crippen LogP contribution in [0.4, 0.5) is 5.82 Å². The first kappa shape index (κ1) is 22.4. The van der Waals surface area contributed by atoms with Crippen LogP contribution in [0.1, 0.15) is 24.4 Å². The summed E-state index contributed by atoms with van der Waals surface area (Å²) in [5.41, 5.74) is 3.12. The van der Waals surface area contributed by atoms with Gasteiger partial charge in [0.25, 0.3) is 0 Å². The number of aromatic nitrogens is 5. The third-order valence-corrected chi connectivity index (χ3v) is 7.10. The fourth-order valence-corrected chi connectivity index (χ4v) is 5.10. The van der Waals surface area contributed by atoms with Crippen molar-refractivity contribution >= 4 is 28.5 Å². The largest absolute Gasteiger partial charge is 0.378 e. The van der Waals surface area contributed by atoms with Crippen LogP contribution in [0.25, 0.3) is 22.4 Å². The van der Waals surface area contributed by atoms with Gasteiger partial charge >= 0.3 is 0 Å². The van der Waals surface area contributed by atoms with Gasteiger partial charge in [-0.3, -0.25) is 4.90 Å². The molecule has 35 heavy (non-hydrogen) atoms. The van der Waals surface area contributed by atoms with E-state index in [1.165, 1.54) is 5.56 Å². The molecule has 0 aliphatic carbocycles. The molecule has 0 unspecified atom stereocenters. The molecule has 2 fully saturated rings. The normalized spacial score (nSPS) is 17.8. The van der Waals surface area contributed by atoms with Crippen molar-refractivity contribution in [1.29, 1.82) is 0 Å². The van der Waals surface area contributed by atoms with E-state index in [2.05, 4.69) is 37.7 Å². The SMILES string of the molecule is Clc1ccc(CN2CCC(n3ncc4c(N5CCOCC5)nc(-c5ccccc5)nc43)CC2)cn1. The first-order valence-corrected chi connectivity index (χ1v) is 12.6. The minimum atomic E-state index is 0.308. The fourth-order valence-electron chi connectivity index (χ4n) is 4.99. The first-order chi connectivity index (χ1) is 17.2. The van der Waals surface area contributed by atoms with Crippen molar-refractivity contribution in [2.75, 3.05) is 44.3 Å². The lowest BCUT2D eigenvalue weighted by Gasteiger charge is -2.32. The number of ether oxygens (including phenoxy) is 1. The molecule has 0 spiro atoms. The van der Waals surface area contributed by atoms with Gasteiger partial charge < -0.3 is 9.64 Å². The molecule has 0 radical (unpaired) electrons. The maximum Gasteiger partial charge on any atom is 0.164 e. The minimum absolute atomic E-state index is 0.308. The zero-order chi connectivity index (χ0) is 23.6. The minimum Gasteiger partial charge on any atom is -0.378 e. The van der Waals surface area contributed by atoms with Gasteiger partial charge in [-0.1, -0.05) is 48.0 Å². The summed E-state index contributed by atoms with van der Waals surface area (Å²) in [5.74, 6) is 1.70. The van der Waals surface area contributed by atoms with Crippen molar-refractivity contribution in [3.05, 3.63) is 65.6 Å². The zero-order valence-electron chi connectivity index (χ0n) is 19.6. The Morgan fingerprint density at radius 3 is 2.46 bits per heavy atom. The molecule has 8 nitrogen and oxygen atoms in total. The molecule has 4 aromatic rings. The van der Waals surface area contributed by atoms with Gasteiger partial charge in [0, 0.05) is 44.5 Å². The Morgan fingerprint density at radius 2 is 1.71 bits per heavy atom. The molecule has 0 N–H and O–H groups in total. The van der Waals surface area contributed by atoms with E-state index < -0.39 is 0 Å². The van der Waals surface area contributed by atoms with Gasteiger partial charge in [-0.2, -0.15) is 5.10 Å². The molecule has 6 rings (SSSR count). The molecule has 5 heterocycles. The second-order valence-electron chi connectivity index (χ2n) is 9.16. The van der Waals surface area contributed by atoms with E-state index in [-0.39, 0.29) is 0 Å². The van der Waals surface area contributed by atoms with Crippen LogP contribution in [0.15, 0.2) is 54.9 Å².